The van der Waals surface area contributed by atoms with Gasteiger partial charge in [-0.25, -0.2) is 35.1 Å². The van der Waals surface area contributed by atoms with Crippen molar-refractivity contribution < 1.29 is 30.4 Å². The highest BCUT2D eigenvalue weighted by molar-refractivity contribution is 7.89. The zero-order valence-corrected chi connectivity index (χ0v) is 19.7. The van der Waals surface area contributed by atoms with Gasteiger partial charge in [-0.3, -0.25) is 0 Å². The molecule has 2 heterocycles. The number of nitrogens with zero attached hydrogens (tertiary/aromatic N) is 4. The second kappa shape index (κ2) is 9.45. The van der Waals surface area contributed by atoms with E-state index in [2.05, 4.69) is 15.3 Å². The molecular formula is C23H22F5N5O2S. The molecule has 5 rings (SSSR count). The topological polar surface area (TPSA) is 70.5 Å². The lowest BCUT2D eigenvalue weighted by Crippen LogP contribution is -2.43. The average Bonchev–Trinajstić information content (AvgIpc) is 3.62. The summed E-state index contributed by atoms with van der Waals surface area (Å²) in [5.74, 6) is -11.8. The first-order valence-electron chi connectivity index (χ1n) is 11.3. The Kier molecular flexibility index (Phi) is 6.47. The maximum Gasteiger partial charge on any atom is 0.249 e. The van der Waals surface area contributed by atoms with Crippen LogP contribution in [0.4, 0.5) is 27.6 Å². The molecule has 0 radical (unpaired) electrons. The van der Waals surface area contributed by atoms with Crippen molar-refractivity contribution in [1.29, 1.82) is 0 Å². The van der Waals surface area contributed by atoms with E-state index in [9.17, 15) is 30.4 Å². The summed E-state index contributed by atoms with van der Waals surface area (Å²) in [6.45, 7) is 3.23. The monoisotopic (exact) mass is 527 g/mol. The van der Waals surface area contributed by atoms with Crippen LogP contribution >= 0.6 is 0 Å². The molecule has 0 spiro atoms. The first-order chi connectivity index (χ1) is 17.2. The molecule has 2 aromatic carbocycles. The highest BCUT2D eigenvalue weighted by Gasteiger charge is 2.43. The van der Waals surface area contributed by atoms with Crippen LogP contribution in [0.1, 0.15) is 18.4 Å². The number of halogens is 5. The van der Waals surface area contributed by atoms with E-state index in [4.69, 9.17) is 0 Å². The van der Waals surface area contributed by atoms with Crippen molar-refractivity contribution in [3.8, 4) is 5.69 Å². The fourth-order valence-electron chi connectivity index (χ4n) is 4.20. The number of aromatic nitrogens is 2. The molecule has 2 aliphatic rings. The van der Waals surface area contributed by atoms with Gasteiger partial charge in [-0.2, -0.15) is 9.40 Å². The molecule has 0 unspecified atom stereocenters. The molecule has 1 aromatic heterocycles. The van der Waals surface area contributed by atoms with E-state index in [1.54, 1.807) is 6.20 Å². The molecule has 0 atom stereocenters. The molecule has 7 nitrogen and oxygen atoms in total. The summed E-state index contributed by atoms with van der Waals surface area (Å²) in [7, 11) is -5.04. The van der Waals surface area contributed by atoms with Gasteiger partial charge >= 0.3 is 0 Å². The van der Waals surface area contributed by atoms with Crippen molar-refractivity contribution >= 4 is 15.7 Å². The van der Waals surface area contributed by atoms with Crippen LogP contribution < -0.4 is 10.2 Å². The summed E-state index contributed by atoms with van der Waals surface area (Å²) in [4.78, 5) is 0.397. The lowest BCUT2D eigenvalue weighted by Gasteiger charge is -2.29. The Morgan fingerprint density at radius 3 is 2.03 bits per heavy atom. The highest BCUT2D eigenvalue weighted by atomic mass is 32.2. The molecule has 1 saturated heterocycles. The molecule has 1 aliphatic carbocycles. The van der Waals surface area contributed by atoms with Crippen LogP contribution in [0.5, 0.6) is 0 Å². The Balaban J connectivity index is 1.40. The minimum atomic E-state index is -5.04. The van der Waals surface area contributed by atoms with E-state index in [1.165, 1.54) is 10.9 Å². The van der Waals surface area contributed by atoms with Crippen molar-refractivity contribution in [3.05, 3.63) is 71.3 Å². The number of anilines is 1. The number of hydrogen-bond acceptors (Lipinski definition) is 5. The van der Waals surface area contributed by atoms with Crippen LogP contribution in [0.2, 0.25) is 0 Å². The minimum absolute atomic E-state index is 0.342. The fraction of sp³-hybridized carbons (Fsp3) is 0.348. The van der Waals surface area contributed by atoms with Gasteiger partial charge in [0.15, 0.2) is 28.2 Å². The van der Waals surface area contributed by atoms with Gasteiger partial charge in [0.05, 0.1) is 11.9 Å². The normalized spacial score (nSPS) is 16.7. The lowest BCUT2D eigenvalue weighted by molar-refractivity contribution is 0.346. The van der Waals surface area contributed by atoms with E-state index in [0.29, 0.717) is 24.1 Å². The number of piperazine rings is 1. The molecule has 2 fully saturated rings. The predicted octanol–water partition coefficient (Wildman–Crippen LogP) is 3.33. The number of nitrogens with one attached hydrogen (secondary N) is 1. The maximum atomic E-state index is 14.3. The average molecular weight is 528 g/mol. The van der Waals surface area contributed by atoms with Crippen LogP contribution in [0.3, 0.4) is 0 Å². The van der Waals surface area contributed by atoms with Gasteiger partial charge in [-0.15, -0.1) is 0 Å². The van der Waals surface area contributed by atoms with Gasteiger partial charge in [0.25, 0.3) is 0 Å². The largest absolute Gasteiger partial charge is 0.369 e. The zero-order valence-electron chi connectivity index (χ0n) is 18.9. The highest BCUT2D eigenvalue weighted by Crippen LogP contribution is 2.36. The quantitative estimate of drug-likeness (QED) is 0.290. The van der Waals surface area contributed by atoms with Crippen molar-refractivity contribution in [1.82, 2.24) is 19.4 Å². The first kappa shape index (κ1) is 24.7. The zero-order chi connectivity index (χ0) is 25.6. The van der Waals surface area contributed by atoms with E-state index in [0.717, 1.165) is 36.2 Å². The first-order valence-corrected chi connectivity index (χ1v) is 12.8. The summed E-state index contributed by atoms with van der Waals surface area (Å²) in [5.41, 5.74) is 2.16. The Bertz CT molecular complexity index is 1360. The van der Waals surface area contributed by atoms with E-state index in [-0.39, 0.29) is 6.54 Å². The van der Waals surface area contributed by atoms with Crippen molar-refractivity contribution in [2.75, 3.05) is 31.1 Å². The third-order valence-electron chi connectivity index (χ3n) is 6.26. The van der Waals surface area contributed by atoms with E-state index >= 15 is 0 Å². The minimum Gasteiger partial charge on any atom is -0.369 e. The number of rotatable bonds is 7. The van der Waals surface area contributed by atoms with Crippen LogP contribution in [-0.4, -0.2) is 54.7 Å². The van der Waals surface area contributed by atoms with Gasteiger partial charge in [0, 0.05) is 56.2 Å². The molecule has 13 heteroatoms. The van der Waals surface area contributed by atoms with E-state index in [1.807, 2.05) is 24.3 Å². The second-order valence-corrected chi connectivity index (χ2v) is 10.6. The Morgan fingerprint density at radius 1 is 0.889 bits per heavy atom. The third-order valence-corrected chi connectivity index (χ3v) is 8.18. The second-order valence-electron chi connectivity index (χ2n) is 8.73. The molecule has 1 aliphatic heterocycles. The summed E-state index contributed by atoms with van der Waals surface area (Å²) in [6, 6.07) is 7.00. The summed E-state index contributed by atoms with van der Waals surface area (Å²) in [6.07, 6.45) is 3.75. The Morgan fingerprint density at radius 2 is 1.44 bits per heavy atom. The van der Waals surface area contributed by atoms with Gasteiger partial charge in [0.1, 0.15) is 0 Å². The number of sulfonamides is 1. The predicted molar refractivity (Wildman–Crippen MR) is 121 cm³/mol. The molecule has 0 amide bonds. The Hall–Kier alpha value is -3.03. The molecule has 192 valence electrons. The summed E-state index contributed by atoms with van der Waals surface area (Å²) >= 11 is 0. The standard InChI is InChI=1S/C23H22F5N5O2S/c24-18-19(25)21(27)23(22(28)20(18)26)36(34,35)33(17-5-6-17)13-14-11-30-32(12-14)16-3-1-15(2-4-16)31-9-7-29-8-10-31/h1-4,11-12,17,29H,5-10,13H2. The lowest BCUT2D eigenvalue weighted by atomic mass is 10.2. The molecule has 1 saturated carbocycles. The molecular weight excluding hydrogens is 505 g/mol. The van der Waals surface area contributed by atoms with Gasteiger partial charge in [-0.05, 0) is 37.1 Å². The SMILES string of the molecule is O=S(=O)(c1c(F)c(F)c(F)c(F)c1F)N(Cc1cnn(-c2ccc(N3CCNCC3)cc2)c1)C1CC1. The molecule has 3 aromatic rings. The van der Waals surface area contributed by atoms with E-state index < -0.39 is 50.0 Å². The van der Waals surface area contributed by atoms with Crippen LogP contribution in [-0.2, 0) is 16.6 Å². The van der Waals surface area contributed by atoms with Crippen molar-refractivity contribution in [3.63, 3.8) is 0 Å². The Labute approximate surface area is 204 Å². The molecule has 0 bridgehead atoms. The van der Waals surface area contributed by atoms with Crippen molar-refractivity contribution in [2.45, 2.75) is 30.3 Å². The maximum absolute atomic E-state index is 14.3. The van der Waals surface area contributed by atoms with Crippen LogP contribution in [0, 0.1) is 29.1 Å². The van der Waals surface area contributed by atoms with Gasteiger partial charge in [-0.1, -0.05) is 0 Å². The van der Waals surface area contributed by atoms with Gasteiger partial charge < -0.3 is 10.2 Å². The summed E-state index contributed by atoms with van der Waals surface area (Å²) < 4.78 is 98.0. The number of benzene rings is 2. The fourth-order valence-corrected chi connectivity index (χ4v) is 5.99. The van der Waals surface area contributed by atoms with Gasteiger partial charge in [0.2, 0.25) is 15.8 Å². The van der Waals surface area contributed by atoms with Crippen LogP contribution in [0.15, 0.2) is 41.6 Å². The third kappa shape index (κ3) is 4.46. The molecule has 1 N–H and O–H groups in total. The molecule has 36 heavy (non-hydrogen) atoms. The smallest absolute Gasteiger partial charge is 0.249 e. The number of hydrogen-bond donors (Lipinski definition) is 1. The van der Waals surface area contributed by atoms with Crippen molar-refractivity contribution in [2.24, 2.45) is 0 Å². The van der Waals surface area contributed by atoms with Crippen LogP contribution in [0.25, 0.3) is 5.69 Å². The summed E-state index contributed by atoms with van der Waals surface area (Å²) in [5, 5.41) is 7.53.